The van der Waals surface area contributed by atoms with Gasteiger partial charge < -0.3 is 9.64 Å². The van der Waals surface area contributed by atoms with Gasteiger partial charge in [-0.2, -0.15) is 0 Å². The summed E-state index contributed by atoms with van der Waals surface area (Å²) in [5.74, 6) is -0.0845. The van der Waals surface area contributed by atoms with E-state index >= 15 is 0 Å². The van der Waals surface area contributed by atoms with Crippen LogP contribution in [0.4, 0.5) is 4.79 Å². The predicted octanol–water partition coefficient (Wildman–Crippen LogP) is 3.84. The molecule has 0 aliphatic carbocycles. The molecule has 1 aliphatic heterocycles. The van der Waals surface area contributed by atoms with E-state index in [1.807, 2.05) is 53.7 Å². The second kappa shape index (κ2) is 7.18. The van der Waals surface area contributed by atoms with Crippen LogP contribution in [0.3, 0.4) is 0 Å². The van der Waals surface area contributed by atoms with E-state index in [4.69, 9.17) is 4.74 Å². The Bertz CT molecular complexity index is 677. The van der Waals surface area contributed by atoms with E-state index in [0.29, 0.717) is 6.42 Å². The van der Waals surface area contributed by atoms with Crippen molar-refractivity contribution in [3.63, 3.8) is 0 Å². The largest absolute Gasteiger partial charge is 0.444 e. The first-order valence-electron chi connectivity index (χ1n) is 8.69. The number of ether oxygens (including phenoxy) is 1. The predicted molar refractivity (Wildman–Crippen MR) is 104 cm³/mol. The molecule has 2 heterocycles. The lowest BCUT2D eigenvalue weighted by molar-refractivity contribution is -0.129. The summed E-state index contributed by atoms with van der Waals surface area (Å²) in [4.78, 5) is 33.4. The Hall–Kier alpha value is -1.63. The molecule has 1 aromatic rings. The number of rotatable bonds is 2. The highest BCUT2D eigenvalue weighted by Gasteiger charge is 2.52. The Balaban J connectivity index is 2.40. The first-order chi connectivity index (χ1) is 11.8. The number of hydrogen-bond acceptors (Lipinski definition) is 4. The molecule has 1 aliphatic rings. The molecular formula is C19H28BrN3O3. The summed E-state index contributed by atoms with van der Waals surface area (Å²) in [6, 6.07) is 3.13. The number of amides is 2. The van der Waals surface area contributed by atoms with Gasteiger partial charge in [0.05, 0.1) is 0 Å². The number of pyridine rings is 1. The van der Waals surface area contributed by atoms with Crippen LogP contribution in [0.2, 0.25) is 0 Å². The maximum atomic E-state index is 13.0. The van der Waals surface area contributed by atoms with Gasteiger partial charge in [-0.15, -0.1) is 0 Å². The molecule has 0 bridgehead atoms. The quantitative estimate of drug-likeness (QED) is 0.675. The smallest absolute Gasteiger partial charge is 0.412 e. The lowest BCUT2D eigenvalue weighted by atomic mass is 9.91. The van der Waals surface area contributed by atoms with Crippen molar-refractivity contribution in [3.05, 3.63) is 28.5 Å². The molecule has 0 saturated carbocycles. The molecule has 0 radical (unpaired) electrons. The van der Waals surface area contributed by atoms with Crippen LogP contribution in [-0.4, -0.2) is 51.6 Å². The third-order valence-corrected chi connectivity index (χ3v) is 4.66. The number of carbonyl (C=O) groups is 2. The van der Waals surface area contributed by atoms with Gasteiger partial charge in [0.25, 0.3) is 0 Å². The first-order valence-corrected chi connectivity index (χ1v) is 9.49. The zero-order valence-electron chi connectivity index (χ0n) is 16.5. The van der Waals surface area contributed by atoms with Crippen LogP contribution in [0.25, 0.3) is 0 Å². The molecule has 6 nitrogen and oxygen atoms in total. The minimum absolute atomic E-state index is 0.0845. The van der Waals surface area contributed by atoms with Crippen molar-refractivity contribution in [2.24, 2.45) is 5.41 Å². The van der Waals surface area contributed by atoms with Crippen molar-refractivity contribution in [3.8, 4) is 0 Å². The molecule has 0 unspecified atom stereocenters. The Morgan fingerprint density at radius 2 is 1.85 bits per heavy atom. The summed E-state index contributed by atoms with van der Waals surface area (Å²) in [6.45, 7) is 11.5. The first kappa shape index (κ1) is 20.7. The standard InChI is InChI=1S/C19H28BrN3O3/c1-18(2,3)16-22(7)15(24)13(10-12-8-9-14(20)21-11-12)23(16)17(25)26-19(4,5)6/h8-9,11,13,16H,10H2,1-7H3/t13-,16-/m0/s1. The Kier molecular flexibility index (Phi) is 5.71. The number of halogens is 1. The van der Waals surface area contributed by atoms with Crippen LogP contribution in [0.5, 0.6) is 0 Å². The van der Waals surface area contributed by atoms with Crippen molar-refractivity contribution < 1.29 is 14.3 Å². The highest BCUT2D eigenvalue weighted by Crippen LogP contribution is 2.36. The van der Waals surface area contributed by atoms with Crippen molar-refractivity contribution in [2.45, 2.75) is 65.8 Å². The summed E-state index contributed by atoms with van der Waals surface area (Å²) < 4.78 is 6.35. The zero-order valence-corrected chi connectivity index (χ0v) is 18.1. The minimum Gasteiger partial charge on any atom is -0.444 e. The SMILES string of the molecule is CN1C(=O)[C@H](Cc2ccc(Br)nc2)N(C(=O)OC(C)(C)C)[C@H]1C(C)(C)C. The van der Waals surface area contributed by atoms with Gasteiger partial charge in [-0.3, -0.25) is 9.69 Å². The summed E-state index contributed by atoms with van der Waals surface area (Å²) in [5.41, 5.74) is -0.0513. The topological polar surface area (TPSA) is 62.7 Å². The monoisotopic (exact) mass is 425 g/mol. The van der Waals surface area contributed by atoms with Crippen molar-refractivity contribution in [1.29, 1.82) is 0 Å². The molecule has 1 saturated heterocycles. The fourth-order valence-corrected chi connectivity index (χ4v) is 3.54. The van der Waals surface area contributed by atoms with E-state index in [0.717, 1.165) is 10.2 Å². The molecule has 2 rings (SSSR count). The van der Waals surface area contributed by atoms with Crippen LogP contribution < -0.4 is 0 Å². The van der Waals surface area contributed by atoms with Crippen molar-refractivity contribution in [2.75, 3.05) is 7.05 Å². The lowest BCUT2D eigenvalue weighted by Crippen LogP contribution is -2.52. The second-order valence-electron chi connectivity index (χ2n) is 8.79. The highest BCUT2D eigenvalue weighted by atomic mass is 79.9. The van der Waals surface area contributed by atoms with Crippen LogP contribution in [0, 0.1) is 5.41 Å². The fourth-order valence-electron chi connectivity index (χ4n) is 3.31. The number of aromatic nitrogens is 1. The van der Waals surface area contributed by atoms with Gasteiger partial charge in [-0.1, -0.05) is 26.8 Å². The van der Waals surface area contributed by atoms with Crippen molar-refractivity contribution in [1.82, 2.24) is 14.8 Å². The van der Waals surface area contributed by atoms with Crippen LogP contribution in [0.15, 0.2) is 22.9 Å². The normalized spacial score (nSPS) is 21.3. The fraction of sp³-hybridized carbons (Fsp3) is 0.632. The van der Waals surface area contributed by atoms with Gasteiger partial charge in [-0.25, -0.2) is 9.78 Å². The van der Waals surface area contributed by atoms with E-state index in [1.165, 1.54) is 0 Å². The zero-order chi connectivity index (χ0) is 19.9. The van der Waals surface area contributed by atoms with Crippen molar-refractivity contribution >= 4 is 27.9 Å². The lowest BCUT2D eigenvalue weighted by Gasteiger charge is -2.39. The van der Waals surface area contributed by atoms with Gasteiger partial charge in [0.15, 0.2) is 0 Å². The Labute approximate surface area is 164 Å². The van der Waals surface area contributed by atoms with E-state index in [2.05, 4.69) is 20.9 Å². The maximum absolute atomic E-state index is 13.0. The Morgan fingerprint density at radius 3 is 2.31 bits per heavy atom. The summed E-state index contributed by atoms with van der Waals surface area (Å²) >= 11 is 3.31. The average molecular weight is 426 g/mol. The number of nitrogens with zero attached hydrogens (tertiary/aromatic N) is 3. The minimum atomic E-state index is -0.632. The molecule has 0 N–H and O–H groups in total. The third-order valence-electron chi connectivity index (χ3n) is 4.20. The third kappa shape index (κ3) is 4.55. The molecule has 1 aromatic heterocycles. The molecule has 2 amide bonds. The molecule has 7 heteroatoms. The summed E-state index contributed by atoms with van der Waals surface area (Å²) in [7, 11) is 1.75. The molecule has 0 spiro atoms. The number of likely N-dealkylation sites (N-methyl/N-ethyl adjacent to an activating group) is 1. The molecule has 144 valence electrons. The molecule has 26 heavy (non-hydrogen) atoms. The Morgan fingerprint density at radius 1 is 1.23 bits per heavy atom. The van der Waals surface area contributed by atoms with Gasteiger partial charge in [-0.05, 0) is 48.3 Å². The van der Waals surface area contributed by atoms with Crippen LogP contribution in [0.1, 0.15) is 47.1 Å². The van der Waals surface area contributed by atoms with Gasteiger partial charge >= 0.3 is 6.09 Å². The number of carbonyl (C=O) groups excluding carboxylic acids is 2. The number of hydrogen-bond donors (Lipinski definition) is 0. The highest BCUT2D eigenvalue weighted by molar-refractivity contribution is 9.10. The van der Waals surface area contributed by atoms with Crippen LogP contribution >= 0.6 is 15.9 Å². The molecule has 2 atom stereocenters. The van der Waals surface area contributed by atoms with Gasteiger partial charge in [0.2, 0.25) is 5.91 Å². The van der Waals surface area contributed by atoms with Gasteiger partial charge in [0.1, 0.15) is 22.4 Å². The van der Waals surface area contributed by atoms with E-state index < -0.39 is 17.7 Å². The maximum Gasteiger partial charge on any atom is 0.412 e. The molecule has 1 fully saturated rings. The molecular weight excluding hydrogens is 398 g/mol. The van der Waals surface area contributed by atoms with E-state index in [1.54, 1.807) is 23.0 Å². The second-order valence-corrected chi connectivity index (χ2v) is 9.60. The van der Waals surface area contributed by atoms with Gasteiger partial charge in [0, 0.05) is 25.1 Å². The van der Waals surface area contributed by atoms with E-state index in [9.17, 15) is 9.59 Å². The molecule has 0 aromatic carbocycles. The van der Waals surface area contributed by atoms with E-state index in [-0.39, 0.29) is 17.5 Å². The summed E-state index contributed by atoms with van der Waals surface area (Å²) in [5, 5.41) is 0. The average Bonchev–Trinajstić information content (AvgIpc) is 2.72. The van der Waals surface area contributed by atoms with Crippen LogP contribution in [-0.2, 0) is 16.0 Å². The summed E-state index contributed by atoms with van der Waals surface area (Å²) in [6.07, 6.45) is 1.27.